The first kappa shape index (κ1) is 21.2. The topological polar surface area (TPSA) is 59.0 Å². The highest BCUT2D eigenvalue weighted by Gasteiger charge is 2.52. The number of ether oxygens (including phenoxy) is 2. The highest BCUT2D eigenvalue weighted by molar-refractivity contribution is 5.97. The molecule has 1 N–H and O–H groups in total. The number of Topliss-reactive ketones (excluding diaryl/α,β-unsaturated/α-hetero) is 1. The van der Waals surface area contributed by atoms with E-state index in [-0.39, 0.29) is 23.2 Å². The van der Waals surface area contributed by atoms with Crippen molar-refractivity contribution in [2.45, 2.75) is 50.9 Å². The first-order chi connectivity index (χ1) is 15.4. The predicted octanol–water partition coefficient (Wildman–Crippen LogP) is 4.05. The van der Waals surface area contributed by atoms with Crippen molar-refractivity contribution in [3.63, 3.8) is 0 Å². The lowest BCUT2D eigenvalue weighted by atomic mass is 9.69. The Labute approximate surface area is 189 Å². The summed E-state index contributed by atoms with van der Waals surface area (Å²) in [5, 5.41) is 10.2. The van der Waals surface area contributed by atoms with Crippen molar-refractivity contribution in [1.82, 2.24) is 4.90 Å². The summed E-state index contributed by atoms with van der Waals surface area (Å²) in [6.45, 7) is 6.40. The van der Waals surface area contributed by atoms with Gasteiger partial charge in [0, 0.05) is 36.6 Å². The van der Waals surface area contributed by atoms with Gasteiger partial charge in [-0.1, -0.05) is 55.0 Å². The van der Waals surface area contributed by atoms with E-state index in [0.717, 1.165) is 42.1 Å². The van der Waals surface area contributed by atoms with Gasteiger partial charge in [-0.25, -0.2) is 0 Å². The van der Waals surface area contributed by atoms with Gasteiger partial charge in [-0.3, -0.25) is 9.69 Å². The zero-order valence-corrected chi connectivity index (χ0v) is 19.0. The number of aliphatic hydroxyl groups is 1. The molecule has 0 radical (unpaired) electrons. The summed E-state index contributed by atoms with van der Waals surface area (Å²) in [4.78, 5) is 15.4. The van der Waals surface area contributed by atoms with E-state index in [4.69, 9.17) is 9.47 Å². The molecule has 5 nitrogen and oxygen atoms in total. The van der Waals surface area contributed by atoms with Crippen molar-refractivity contribution in [2.24, 2.45) is 5.92 Å². The molecule has 0 saturated carbocycles. The molecule has 1 spiro atoms. The number of methoxy groups -OCH3 is 1. The van der Waals surface area contributed by atoms with Crippen LogP contribution in [0.4, 0.5) is 0 Å². The molecule has 0 bridgehead atoms. The van der Waals surface area contributed by atoms with Gasteiger partial charge >= 0.3 is 0 Å². The van der Waals surface area contributed by atoms with E-state index in [0.29, 0.717) is 13.0 Å². The molecule has 3 aliphatic rings. The van der Waals surface area contributed by atoms with Crippen LogP contribution < -0.4 is 9.47 Å². The van der Waals surface area contributed by atoms with E-state index in [1.807, 2.05) is 50.3 Å². The first-order valence-electron chi connectivity index (χ1n) is 11.5. The number of rotatable bonds is 5. The van der Waals surface area contributed by atoms with Crippen molar-refractivity contribution in [3.8, 4) is 11.5 Å². The van der Waals surface area contributed by atoms with Crippen LogP contribution in [-0.4, -0.2) is 48.2 Å². The minimum absolute atomic E-state index is 0.0911. The maximum Gasteiger partial charge on any atom is 0.166 e. The van der Waals surface area contributed by atoms with Crippen molar-refractivity contribution >= 4 is 5.78 Å². The molecule has 32 heavy (non-hydrogen) atoms. The Bertz CT molecular complexity index is 1060. The number of aryl methyl sites for hydroxylation is 1. The van der Waals surface area contributed by atoms with Crippen LogP contribution in [0.2, 0.25) is 0 Å². The molecule has 0 aromatic heterocycles. The van der Waals surface area contributed by atoms with Crippen molar-refractivity contribution in [2.75, 3.05) is 20.2 Å². The second-order valence-corrected chi connectivity index (χ2v) is 9.56. The zero-order valence-electron chi connectivity index (χ0n) is 19.0. The first-order valence-corrected chi connectivity index (χ1v) is 11.5. The quantitative estimate of drug-likeness (QED) is 0.570. The number of benzene rings is 2. The monoisotopic (exact) mass is 433 g/mol. The minimum atomic E-state index is -0.485. The molecule has 5 heteroatoms. The molecule has 1 unspecified atom stereocenters. The molecule has 1 aliphatic carbocycles. The molecule has 2 aliphatic heterocycles. The average Bonchev–Trinajstić information content (AvgIpc) is 3.03. The van der Waals surface area contributed by atoms with E-state index in [2.05, 4.69) is 17.0 Å². The summed E-state index contributed by atoms with van der Waals surface area (Å²) >= 11 is 0. The van der Waals surface area contributed by atoms with Crippen LogP contribution in [0.5, 0.6) is 11.5 Å². The maximum absolute atomic E-state index is 13.0. The largest absolute Gasteiger partial charge is 0.493 e. The fourth-order valence-corrected chi connectivity index (χ4v) is 5.62. The van der Waals surface area contributed by atoms with Gasteiger partial charge in [0.1, 0.15) is 6.10 Å². The Morgan fingerprint density at radius 3 is 2.81 bits per heavy atom. The summed E-state index contributed by atoms with van der Waals surface area (Å²) < 4.78 is 12.0. The SMILES string of the molecule is COc1ccc2c3c1O[C@H]1C[C@@H](O)C=C[C@@]31CCN(CC(C)C(=O)c1ccc(C)cc1)C2. The normalized spacial score (nSPS) is 27.1. The lowest BCUT2D eigenvalue weighted by Gasteiger charge is -2.36. The number of carbonyl (C=O) groups excluding carboxylic acids is 1. The number of nitrogens with zero attached hydrogens (tertiary/aromatic N) is 1. The number of hydrogen-bond acceptors (Lipinski definition) is 5. The van der Waals surface area contributed by atoms with Gasteiger partial charge in [-0.05, 0) is 31.5 Å². The molecule has 5 rings (SSSR count). The van der Waals surface area contributed by atoms with Gasteiger partial charge in [0.25, 0.3) is 0 Å². The standard InChI is InChI=1S/C27H31NO4/c1-17-4-6-19(7-5-17)25(30)18(2)15-28-13-12-27-11-10-21(29)14-23(27)32-26-22(31-3)9-8-20(16-28)24(26)27/h4-11,18,21,23,29H,12-16H2,1-3H3/t18?,21-,23-,27-/m0/s1. The second-order valence-electron chi connectivity index (χ2n) is 9.56. The number of ketones is 1. The molecule has 2 heterocycles. The Morgan fingerprint density at radius 1 is 1.28 bits per heavy atom. The lowest BCUT2D eigenvalue weighted by molar-refractivity contribution is 0.0778. The average molecular weight is 434 g/mol. The highest BCUT2D eigenvalue weighted by Crippen LogP contribution is 2.55. The molecule has 0 saturated heterocycles. The molecular weight excluding hydrogens is 402 g/mol. The van der Waals surface area contributed by atoms with Crippen LogP contribution in [0.3, 0.4) is 0 Å². The predicted molar refractivity (Wildman–Crippen MR) is 123 cm³/mol. The van der Waals surface area contributed by atoms with Crippen LogP contribution >= 0.6 is 0 Å². The van der Waals surface area contributed by atoms with Gasteiger partial charge in [-0.2, -0.15) is 0 Å². The minimum Gasteiger partial charge on any atom is -0.493 e. The molecule has 168 valence electrons. The van der Waals surface area contributed by atoms with Crippen molar-refractivity contribution < 1.29 is 19.4 Å². The summed E-state index contributed by atoms with van der Waals surface area (Å²) in [6.07, 6.45) is 4.96. The van der Waals surface area contributed by atoms with E-state index in [1.54, 1.807) is 7.11 Å². The van der Waals surface area contributed by atoms with E-state index in [1.165, 1.54) is 11.1 Å². The third-order valence-corrected chi connectivity index (χ3v) is 7.35. The lowest BCUT2D eigenvalue weighted by Crippen LogP contribution is -2.43. The van der Waals surface area contributed by atoms with Crippen molar-refractivity contribution in [1.29, 1.82) is 0 Å². The summed E-state index contributed by atoms with van der Waals surface area (Å²) in [6, 6.07) is 12.0. The molecule has 2 aromatic rings. The van der Waals surface area contributed by atoms with Gasteiger partial charge in [0.2, 0.25) is 0 Å². The number of hydrogen-bond donors (Lipinski definition) is 1. The Morgan fingerprint density at radius 2 is 2.06 bits per heavy atom. The van der Waals surface area contributed by atoms with Crippen molar-refractivity contribution in [3.05, 3.63) is 70.8 Å². The van der Waals surface area contributed by atoms with Gasteiger partial charge in [0.15, 0.2) is 17.3 Å². The number of carbonyl (C=O) groups is 1. The molecule has 0 fully saturated rings. The third kappa shape index (κ3) is 3.44. The Kier molecular flexibility index (Phi) is 5.34. The van der Waals surface area contributed by atoms with Crippen LogP contribution in [-0.2, 0) is 12.0 Å². The smallest absolute Gasteiger partial charge is 0.166 e. The summed E-state index contributed by atoms with van der Waals surface area (Å²) in [5.41, 5.74) is 4.10. The van der Waals surface area contributed by atoms with Gasteiger partial charge in [-0.15, -0.1) is 0 Å². The zero-order chi connectivity index (χ0) is 22.5. The Hall–Kier alpha value is -2.63. The summed E-state index contributed by atoms with van der Waals surface area (Å²) in [5.74, 6) is 1.66. The third-order valence-electron chi connectivity index (χ3n) is 7.35. The van der Waals surface area contributed by atoms with Crippen LogP contribution in [0.25, 0.3) is 0 Å². The molecule has 0 amide bonds. The van der Waals surface area contributed by atoms with Gasteiger partial charge < -0.3 is 14.6 Å². The van der Waals surface area contributed by atoms with Gasteiger partial charge in [0.05, 0.1) is 18.6 Å². The van der Waals surface area contributed by atoms with Crippen LogP contribution in [0, 0.1) is 12.8 Å². The highest BCUT2D eigenvalue weighted by atomic mass is 16.5. The van der Waals surface area contributed by atoms with Crippen LogP contribution in [0.1, 0.15) is 46.8 Å². The number of aliphatic hydroxyl groups excluding tert-OH is 1. The summed E-state index contributed by atoms with van der Waals surface area (Å²) in [7, 11) is 1.67. The fourth-order valence-electron chi connectivity index (χ4n) is 5.62. The Balaban J connectivity index is 1.43. The van der Waals surface area contributed by atoms with E-state index < -0.39 is 6.10 Å². The second kappa shape index (κ2) is 8.05. The fraction of sp³-hybridized carbons (Fsp3) is 0.444. The molecular formula is C27H31NO4. The molecule has 2 aromatic carbocycles. The maximum atomic E-state index is 13.0. The van der Waals surface area contributed by atoms with E-state index in [9.17, 15) is 9.90 Å². The molecule has 4 atom stereocenters. The van der Waals surface area contributed by atoms with Crippen LogP contribution in [0.15, 0.2) is 48.6 Å². The van der Waals surface area contributed by atoms with E-state index >= 15 is 0 Å².